The van der Waals surface area contributed by atoms with Gasteiger partial charge in [-0.2, -0.15) is 0 Å². The van der Waals surface area contributed by atoms with Crippen molar-refractivity contribution in [3.8, 4) is 0 Å². The molecule has 3 N–H and O–H groups in total. The summed E-state index contributed by atoms with van der Waals surface area (Å²) in [5.41, 5.74) is -0.346. The van der Waals surface area contributed by atoms with Crippen LogP contribution in [-0.4, -0.2) is 36.2 Å². The third-order valence-corrected chi connectivity index (χ3v) is 4.59. The number of hydrogen-bond donors (Lipinski definition) is 3. The van der Waals surface area contributed by atoms with Crippen LogP contribution in [0.25, 0.3) is 0 Å². The molecule has 0 bridgehead atoms. The average molecular weight is 254 g/mol. The molecule has 1 amide bonds. The van der Waals surface area contributed by atoms with Crippen molar-refractivity contribution in [2.45, 2.75) is 51.0 Å². The van der Waals surface area contributed by atoms with Crippen LogP contribution in [0.5, 0.6) is 0 Å². The first-order valence-electron chi connectivity index (χ1n) is 7.29. The molecular weight excluding hydrogens is 228 g/mol. The van der Waals surface area contributed by atoms with Gasteiger partial charge in [-0.15, -0.1) is 0 Å². The fraction of sp³-hybridized carbons (Fsp3) is 0.929. The lowest BCUT2D eigenvalue weighted by atomic mass is 9.77. The van der Waals surface area contributed by atoms with Crippen molar-refractivity contribution < 1.29 is 9.90 Å². The van der Waals surface area contributed by atoms with Crippen LogP contribution in [0.4, 0.5) is 0 Å². The fourth-order valence-corrected chi connectivity index (χ4v) is 3.08. The summed E-state index contributed by atoms with van der Waals surface area (Å²) in [5.74, 6) is 0.935. The Hall–Kier alpha value is -0.610. The summed E-state index contributed by atoms with van der Waals surface area (Å²) < 4.78 is 0. The van der Waals surface area contributed by atoms with Gasteiger partial charge < -0.3 is 15.7 Å². The molecule has 4 heteroatoms. The molecule has 1 heterocycles. The largest absolute Gasteiger partial charge is 0.394 e. The zero-order chi connectivity index (χ0) is 13.0. The van der Waals surface area contributed by atoms with Gasteiger partial charge in [0, 0.05) is 6.54 Å². The molecule has 0 spiro atoms. The number of rotatable bonds is 3. The first-order valence-corrected chi connectivity index (χ1v) is 7.29. The molecule has 0 radical (unpaired) electrons. The van der Waals surface area contributed by atoms with Gasteiger partial charge in [-0.05, 0) is 51.0 Å². The minimum absolute atomic E-state index is 0.0750. The average Bonchev–Trinajstić information content (AvgIpc) is 2.43. The Morgan fingerprint density at radius 1 is 1.39 bits per heavy atom. The smallest absolute Gasteiger partial charge is 0.224 e. The lowest BCUT2D eigenvalue weighted by Gasteiger charge is -2.40. The fourth-order valence-electron chi connectivity index (χ4n) is 3.08. The maximum atomic E-state index is 12.2. The molecule has 1 aliphatic heterocycles. The normalized spacial score (nSPS) is 37.2. The minimum atomic E-state index is -0.346. The van der Waals surface area contributed by atoms with E-state index in [0.29, 0.717) is 0 Å². The van der Waals surface area contributed by atoms with E-state index in [-0.39, 0.29) is 24.0 Å². The summed E-state index contributed by atoms with van der Waals surface area (Å²) in [5, 5.41) is 16.1. The highest BCUT2D eigenvalue weighted by molar-refractivity contribution is 5.79. The Kier molecular flexibility index (Phi) is 4.62. The number of nitrogens with one attached hydrogen (secondary N) is 2. The molecule has 0 aromatic heterocycles. The Morgan fingerprint density at radius 2 is 2.11 bits per heavy atom. The second-order valence-electron chi connectivity index (χ2n) is 6.15. The van der Waals surface area contributed by atoms with E-state index < -0.39 is 0 Å². The second-order valence-corrected chi connectivity index (χ2v) is 6.15. The number of carbonyl (C=O) groups excluding carboxylic acids is 1. The van der Waals surface area contributed by atoms with Crippen molar-refractivity contribution in [2.24, 2.45) is 11.8 Å². The van der Waals surface area contributed by atoms with Gasteiger partial charge >= 0.3 is 0 Å². The summed E-state index contributed by atoms with van der Waals surface area (Å²) in [6.07, 6.45) is 6.07. The Morgan fingerprint density at radius 3 is 2.67 bits per heavy atom. The maximum Gasteiger partial charge on any atom is 0.224 e. The van der Waals surface area contributed by atoms with Crippen LogP contribution in [0.3, 0.4) is 0 Å². The number of aliphatic hydroxyl groups excluding tert-OH is 1. The maximum absolute atomic E-state index is 12.2. The number of aliphatic hydroxyl groups is 1. The molecule has 1 aliphatic carbocycles. The van der Waals surface area contributed by atoms with Crippen molar-refractivity contribution in [1.82, 2.24) is 10.6 Å². The van der Waals surface area contributed by atoms with Crippen LogP contribution in [0.1, 0.15) is 45.4 Å². The molecule has 0 aromatic rings. The quantitative estimate of drug-likeness (QED) is 0.705. The minimum Gasteiger partial charge on any atom is -0.394 e. The SMILES string of the molecule is CC1CCC(CO)(NC(=O)[C@@H]2CCCNC2)CC1. The molecule has 4 nitrogen and oxygen atoms in total. The van der Waals surface area contributed by atoms with Gasteiger partial charge in [-0.1, -0.05) is 6.92 Å². The van der Waals surface area contributed by atoms with Crippen LogP contribution in [-0.2, 0) is 4.79 Å². The van der Waals surface area contributed by atoms with E-state index in [9.17, 15) is 9.90 Å². The van der Waals surface area contributed by atoms with Crippen molar-refractivity contribution in [3.05, 3.63) is 0 Å². The third kappa shape index (κ3) is 3.23. The molecule has 18 heavy (non-hydrogen) atoms. The summed E-state index contributed by atoms with van der Waals surface area (Å²) in [6, 6.07) is 0. The second kappa shape index (κ2) is 6.02. The van der Waals surface area contributed by atoms with Crippen LogP contribution < -0.4 is 10.6 Å². The highest BCUT2D eigenvalue weighted by Crippen LogP contribution is 2.32. The van der Waals surface area contributed by atoms with E-state index in [1.807, 2.05) is 0 Å². The van der Waals surface area contributed by atoms with Gasteiger partial charge in [0.25, 0.3) is 0 Å². The molecule has 2 fully saturated rings. The van der Waals surface area contributed by atoms with Crippen molar-refractivity contribution in [3.63, 3.8) is 0 Å². The zero-order valence-electron chi connectivity index (χ0n) is 11.4. The van der Waals surface area contributed by atoms with E-state index >= 15 is 0 Å². The number of amides is 1. The molecule has 2 aliphatic rings. The lowest BCUT2D eigenvalue weighted by Crippen LogP contribution is -2.56. The molecule has 0 unspecified atom stereocenters. The third-order valence-electron chi connectivity index (χ3n) is 4.59. The van der Waals surface area contributed by atoms with Crippen molar-refractivity contribution in [1.29, 1.82) is 0 Å². The molecule has 1 atom stereocenters. The Balaban J connectivity index is 1.90. The highest BCUT2D eigenvalue weighted by atomic mass is 16.3. The molecule has 1 saturated carbocycles. The summed E-state index contributed by atoms with van der Waals surface area (Å²) >= 11 is 0. The van der Waals surface area contributed by atoms with Gasteiger partial charge in [0.2, 0.25) is 5.91 Å². The van der Waals surface area contributed by atoms with Crippen LogP contribution >= 0.6 is 0 Å². The molecule has 0 aromatic carbocycles. The number of piperidine rings is 1. The molecular formula is C14H26N2O2. The number of hydrogen-bond acceptors (Lipinski definition) is 3. The standard InChI is InChI=1S/C14H26N2O2/c1-11-4-6-14(10-17,7-5-11)16-13(18)12-3-2-8-15-9-12/h11-12,15,17H,2-10H2,1H3,(H,16,18)/t11?,12-,14?/m1/s1. The first kappa shape index (κ1) is 13.8. The van der Waals surface area contributed by atoms with E-state index in [1.54, 1.807) is 0 Å². The van der Waals surface area contributed by atoms with E-state index in [0.717, 1.165) is 57.5 Å². The predicted octanol–water partition coefficient (Wildman–Crippen LogP) is 1.04. The van der Waals surface area contributed by atoms with Gasteiger partial charge in [-0.25, -0.2) is 0 Å². The zero-order valence-corrected chi connectivity index (χ0v) is 11.4. The number of carbonyl (C=O) groups is 1. The van der Waals surface area contributed by atoms with Gasteiger partial charge in [0.1, 0.15) is 0 Å². The van der Waals surface area contributed by atoms with Gasteiger partial charge in [0.05, 0.1) is 18.1 Å². The Bertz CT molecular complexity index is 280. The summed E-state index contributed by atoms with van der Waals surface area (Å²) in [6.45, 7) is 4.12. The van der Waals surface area contributed by atoms with Gasteiger partial charge in [0.15, 0.2) is 0 Å². The van der Waals surface area contributed by atoms with E-state index in [2.05, 4.69) is 17.6 Å². The predicted molar refractivity (Wildman–Crippen MR) is 71.2 cm³/mol. The van der Waals surface area contributed by atoms with Crippen molar-refractivity contribution >= 4 is 5.91 Å². The van der Waals surface area contributed by atoms with Crippen molar-refractivity contribution in [2.75, 3.05) is 19.7 Å². The lowest BCUT2D eigenvalue weighted by molar-refractivity contribution is -0.128. The molecule has 2 rings (SSSR count). The molecule has 104 valence electrons. The summed E-state index contributed by atoms with van der Waals surface area (Å²) in [7, 11) is 0. The molecule has 1 saturated heterocycles. The van der Waals surface area contributed by atoms with Gasteiger partial charge in [-0.3, -0.25) is 4.79 Å². The van der Waals surface area contributed by atoms with Crippen LogP contribution in [0.15, 0.2) is 0 Å². The summed E-state index contributed by atoms with van der Waals surface area (Å²) in [4.78, 5) is 12.2. The monoisotopic (exact) mass is 254 g/mol. The highest BCUT2D eigenvalue weighted by Gasteiger charge is 2.36. The van der Waals surface area contributed by atoms with Crippen LogP contribution in [0.2, 0.25) is 0 Å². The Labute approximate surface area is 110 Å². The first-order chi connectivity index (χ1) is 8.65. The topological polar surface area (TPSA) is 61.4 Å². The van der Waals surface area contributed by atoms with Crippen LogP contribution in [0, 0.1) is 11.8 Å². The van der Waals surface area contributed by atoms with E-state index in [1.165, 1.54) is 0 Å². The van der Waals surface area contributed by atoms with E-state index in [4.69, 9.17) is 0 Å².